The molecular weight excluding hydrogens is 326 g/mol. The number of nitrogens with two attached hydrogens (primary N) is 1. The van der Waals surface area contributed by atoms with Gasteiger partial charge < -0.3 is 15.2 Å². The Kier molecular flexibility index (Phi) is 3.23. The Morgan fingerprint density at radius 2 is 2.27 bits per heavy atom. The first kappa shape index (κ1) is 11.2. The normalized spacial score (nSPS) is 19.3. The summed E-state index contributed by atoms with van der Waals surface area (Å²) in [6.45, 7) is 0.658. The van der Waals surface area contributed by atoms with Crippen molar-refractivity contribution in [3.05, 3.63) is 20.6 Å². The Balaban J connectivity index is 2.64. The molecule has 2 N–H and O–H groups in total. The van der Waals surface area contributed by atoms with Crippen LogP contribution in [0, 0.1) is 0 Å². The number of hydrogen-bond acceptors (Lipinski definition) is 3. The molecule has 0 saturated carbocycles. The van der Waals surface area contributed by atoms with Gasteiger partial charge in [-0.25, -0.2) is 0 Å². The number of rotatable bonds is 1. The minimum Gasteiger partial charge on any atom is -0.496 e. The minimum atomic E-state index is -0.00507. The van der Waals surface area contributed by atoms with E-state index in [1.165, 1.54) is 0 Å². The largest absolute Gasteiger partial charge is 0.496 e. The number of halogens is 2. The quantitative estimate of drug-likeness (QED) is 0.857. The van der Waals surface area contributed by atoms with Crippen molar-refractivity contribution in [1.29, 1.82) is 0 Å². The predicted octanol–water partition coefficient (Wildman–Crippen LogP) is 3.00. The average Bonchev–Trinajstić information content (AvgIpc) is 2.23. The molecule has 5 heteroatoms. The molecule has 0 aromatic heterocycles. The first-order valence-electron chi connectivity index (χ1n) is 4.59. The smallest absolute Gasteiger partial charge is 0.139 e. The third-order valence-electron chi connectivity index (χ3n) is 2.44. The lowest BCUT2D eigenvalue weighted by Crippen LogP contribution is -2.21. The van der Waals surface area contributed by atoms with Crippen molar-refractivity contribution in [2.45, 2.75) is 12.5 Å². The van der Waals surface area contributed by atoms with E-state index in [2.05, 4.69) is 31.9 Å². The molecule has 0 bridgehead atoms. The van der Waals surface area contributed by atoms with Crippen LogP contribution in [0.3, 0.4) is 0 Å². The van der Waals surface area contributed by atoms with E-state index in [9.17, 15) is 0 Å². The summed E-state index contributed by atoms with van der Waals surface area (Å²) < 4.78 is 12.6. The molecule has 1 aliphatic heterocycles. The number of fused-ring (bicyclic) bond motifs is 1. The summed E-state index contributed by atoms with van der Waals surface area (Å²) in [6, 6.07) is 1.87. The highest BCUT2D eigenvalue weighted by atomic mass is 79.9. The summed E-state index contributed by atoms with van der Waals surface area (Å²) in [5.74, 6) is 1.59. The van der Waals surface area contributed by atoms with Crippen LogP contribution in [0.1, 0.15) is 18.0 Å². The lowest BCUT2D eigenvalue weighted by molar-refractivity contribution is 0.265. The fourth-order valence-corrected chi connectivity index (χ4v) is 2.95. The van der Waals surface area contributed by atoms with Gasteiger partial charge in [0.2, 0.25) is 0 Å². The van der Waals surface area contributed by atoms with Crippen LogP contribution in [0.15, 0.2) is 15.0 Å². The van der Waals surface area contributed by atoms with Crippen LogP contribution in [0.5, 0.6) is 11.5 Å². The highest BCUT2D eigenvalue weighted by Gasteiger charge is 2.25. The van der Waals surface area contributed by atoms with Crippen molar-refractivity contribution in [1.82, 2.24) is 0 Å². The standard InChI is InChI=1S/C10H11Br2NO2/c1-14-7-4-5(11)10-8(9(7)12)6(13)2-3-15-10/h4,6H,2-3,13H2,1H3/t6-/m1/s1. The van der Waals surface area contributed by atoms with E-state index in [0.717, 1.165) is 32.4 Å². The first-order valence-corrected chi connectivity index (χ1v) is 6.18. The number of hydrogen-bond donors (Lipinski definition) is 1. The average molecular weight is 337 g/mol. The molecule has 3 nitrogen and oxygen atoms in total. The second-order valence-electron chi connectivity index (χ2n) is 3.36. The van der Waals surface area contributed by atoms with Crippen molar-refractivity contribution in [2.24, 2.45) is 5.73 Å². The maximum Gasteiger partial charge on any atom is 0.139 e. The van der Waals surface area contributed by atoms with Crippen molar-refractivity contribution in [3.63, 3.8) is 0 Å². The summed E-state index contributed by atoms with van der Waals surface area (Å²) in [5, 5.41) is 0. The molecule has 1 atom stereocenters. The van der Waals surface area contributed by atoms with Crippen LogP contribution in [-0.2, 0) is 0 Å². The highest BCUT2D eigenvalue weighted by molar-refractivity contribution is 9.11. The molecule has 0 amide bonds. The maximum atomic E-state index is 6.05. The van der Waals surface area contributed by atoms with E-state index in [0.29, 0.717) is 6.61 Å². The molecule has 15 heavy (non-hydrogen) atoms. The molecule has 0 unspecified atom stereocenters. The Hall–Kier alpha value is -0.260. The van der Waals surface area contributed by atoms with E-state index in [-0.39, 0.29) is 6.04 Å². The van der Waals surface area contributed by atoms with Gasteiger partial charge in [0.1, 0.15) is 11.5 Å². The summed E-state index contributed by atoms with van der Waals surface area (Å²) in [4.78, 5) is 0. The summed E-state index contributed by atoms with van der Waals surface area (Å²) in [5.41, 5.74) is 7.03. The van der Waals surface area contributed by atoms with Gasteiger partial charge in [-0.3, -0.25) is 0 Å². The van der Waals surface area contributed by atoms with Crippen molar-refractivity contribution < 1.29 is 9.47 Å². The van der Waals surface area contributed by atoms with Crippen molar-refractivity contribution in [2.75, 3.05) is 13.7 Å². The Morgan fingerprint density at radius 1 is 1.53 bits per heavy atom. The fraction of sp³-hybridized carbons (Fsp3) is 0.400. The van der Waals surface area contributed by atoms with Crippen molar-refractivity contribution in [3.8, 4) is 11.5 Å². The van der Waals surface area contributed by atoms with Gasteiger partial charge in [0, 0.05) is 18.0 Å². The molecule has 1 aliphatic rings. The van der Waals surface area contributed by atoms with Crippen LogP contribution < -0.4 is 15.2 Å². The third kappa shape index (κ3) is 1.88. The van der Waals surface area contributed by atoms with Crippen LogP contribution in [0.2, 0.25) is 0 Å². The molecule has 0 aliphatic carbocycles. The fourth-order valence-electron chi connectivity index (χ4n) is 1.66. The SMILES string of the molecule is COc1cc(Br)c2c(c1Br)[C@H](N)CCO2. The second-order valence-corrected chi connectivity index (χ2v) is 5.01. The zero-order chi connectivity index (χ0) is 11.0. The zero-order valence-electron chi connectivity index (χ0n) is 8.22. The topological polar surface area (TPSA) is 44.5 Å². The van der Waals surface area contributed by atoms with E-state index < -0.39 is 0 Å². The minimum absolute atomic E-state index is 0.00507. The Bertz CT molecular complexity index is 395. The maximum absolute atomic E-state index is 6.05. The summed E-state index contributed by atoms with van der Waals surface area (Å²) in [7, 11) is 1.63. The predicted molar refractivity (Wildman–Crippen MR) is 65.4 cm³/mol. The molecular formula is C10H11Br2NO2. The van der Waals surface area contributed by atoms with Gasteiger partial charge in [0.05, 0.1) is 22.7 Å². The van der Waals surface area contributed by atoms with Crippen LogP contribution >= 0.6 is 31.9 Å². The van der Waals surface area contributed by atoms with Crippen molar-refractivity contribution >= 4 is 31.9 Å². The lowest BCUT2D eigenvalue weighted by atomic mass is 10.0. The van der Waals surface area contributed by atoms with Crippen LogP contribution in [-0.4, -0.2) is 13.7 Å². The van der Waals surface area contributed by atoms with Gasteiger partial charge in [0.15, 0.2) is 0 Å². The number of benzene rings is 1. The van der Waals surface area contributed by atoms with Gasteiger partial charge in [-0.1, -0.05) is 0 Å². The molecule has 0 spiro atoms. The molecule has 0 radical (unpaired) electrons. The summed E-state index contributed by atoms with van der Waals surface area (Å²) in [6.07, 6.45) is 0.825. The Labute approximate surface area is 105 Å². The van der Waals surface area contributed by atoms with Crippen LogP contribution in [0.25, 0.3) is 0 Å². The summed E-state index contributed by atoms with van der Waals surface area (Å²) >= 11 is 6.95. The third-order valence-corrected chi connectivity index (χ3v) is 3.85. The number of methoxy groups -OCH3 is 1. The second kappa shape index (κ2) is 4.31. The van der Waals surface area contributed by atoms with Gasteiger partial charge in [-0.2, -0.15) is 0 Å². The zero-order valence-corrected chi connectivity index (χ0v) is 11.4. The van der Waals surface area contributed by atoms with E-state index in [1.54, 1.807) is 7.11 Å². The highest BCUT2D eigenvalue weighted by Crippen LogP contribution is 2.45. The monoisotopic (exact) mass is 335 g/mol. The molecule has 0 saturated heterocycles. The molecule has 1 aromatic rings. The van der Waals surface area contributed by atoms with E-state index in [4.69, 9.17) is 15.2 Å². The van der Waals surface area contributed by atoms with E-state index in [1.807, 2.05) is 6.07 Å². The molecule has 82 valence electrons. The van der Waals surface area contributed by atoms with Gasteiger partial charge in [-0.05, 0) is 37.9 Å². The Morgan fingerprint density at radius 3 is 2.93 bits per heavy atom. The molecule has 0 fully saturated rings. The van der Waals surface area contributed by atoms with Crippen LogP contribution in [0.4, 0.5) is 0 Å². The molecule has 1 aromatic carbocycles. The molecule has 1 heterocycles. The molecule has 2 rings (SSSR count). The van der Waals surface area contributed by atoms with E-state index >= 15 is 0 Å². The van der Waals surface area contributed by atoms with Gasteiger partial charge >= 0.3 is 0 Å². The van der Waals surface area contributed by atoms with Gasteiger partial charge in [-0.15, -0.1) is 0 Å². The van der Waals surface area contributed by atoms with Gasteiger partial charge in [0.25, 0.3) is 0 Å². The first-order chi connectivity index (χ1) is 7.15. The lowest BCUT2D eigenvalue weighted by Gasteiger charge is -2.26. The number of ether oxygens (including phenoxy) is 2.